The Balaban J connectivity index is 2.37. The second-order valence-electron chi connectivity index (χ2n) is 4.07. The van der Waals surface area contributed by atoms with Gasteiger partial charge in [-0.15, -0.1) is 0 Å². The van der Waals surface area contributed by atoms with Crippen molar-refractivity contribution in [2.24, 2.45) is 0 Å². The van der Waals surface area contributed by atoms with Gasteiger partial charge in [-0.25, -0.2) is 0 Å². The molecule has 14 heavy (non-hydrogen) atoms. The molecule has 0 aliphatic carbocycles. The fourth-order valence-corrected chi connectivity index (χ4v) is 1.52. The lowest BCUT2D eigenvalue weighted by atomic mass is 10.1. The van der Waals surface area contributed by atoms with Gasteiger partial charge in [0, 0.05) is 33.2 Å². The zero-order chi connectivity index (χ0) is 10.6. The van der Waals surface area contributed by atoms with Gasteiger partial charge in [0.05, 0.1) is 6.54 Å². The van der Waals surface area contributed by atoms with Crippen LogP contribution >= 0.6 is 0 Å². The number of nitrogens with zero attached hydrogens (tertiary/aromatic N) is 2. The molecule has 1 N–H and O–H groups in total. The number of amides is 1. The molecule has 1 heterocycles. The average Bonchev–Trinajstić information content (AvgIpc) is 2.01. The van der Waals surface area contributed by atoms with Gasteiger partial charge >= 0.3 is 0 Å². The van der Waals surface area contributed by atoms with Crippen molar-refractivity contribution in [3.8, 4) is 0 Å². The molecule has 0 aromatic rings. The minimum atomic E-state index is 0.199. The second-order valence-corrected chi connectivity index (χ2v) is 4.07. The summed E-state index contributed by atoms with van der Waals surface area (Å²) >= 11 is 0. The van der Waals surface area contributed by atoms with Gasteiger partial charge in [0.15, 0.2) is 0 Å². The van der Waals surface area contributed by atoms with Crippen LogP contribution in [0.2, 0.25) is 0 Å². The molecule has 0 saturated carbocycles. The summed E-state index contributed by atoms with van der Waals surface area (Å²) in [6.07, 6.45) is 1.11. The van der Waals surface area contributed by atoms with Gasteiger partial charge in [-0.05, 0) is 13.0 Å². The van der Waals surface area contributed by atoms with E-state index in [1.54, 1.807) is 4.90 Å². The van der Waals surface area contributed by atoms with E-state index >= 15 is 0 Å². The molecule has 4 heteroatoms. The summed E-state index contributed by atoms with van der Waals surface area (Å²) in [4.78, 5) is 15.5. The molecule has 1 rings (SSSR count). The van der Waals surface area contributed by atoms with E-state index in [9.17, 15) is 4.79 Å². The zero-order valence-electron chi connectivity index (χ0n) is 9.42. The van der Waals surface area contributed by atoms with Crippen molar-refractivity contribution in [1.29, 1.82) is 0 Å². The van der Waals surface area contributed by atoms with Crippen molar-refractivity contribution in [3.05, 3.63) is 0 Å². The maximum Gasteiger partial charge on any atom is 0.236 e. The van der Waals surface area contributed by atoms with E-state index in [4.69, 9.17) is 0 Å². The second kappa shape index (κ2) is 5.32. The van der Waals surface area contributed by atoms with Crippen molar-refractivity contribution in [2.45, 2.75) is 19.4 Å². The van der Waals surface area contributed by atoms with Gasteiger partial charge in [-0.2, -0.15) is 0 Å². The van der Waals surface area contributed by atoms with Crippen molar-refractivity contribution < 1.29 is 4.79 Å². The van der Waals surface area contributed by atoms with E-state index in [0.717, 1.165) is 26.1 Å². The van der Waals surface area contributed by atoms with Crippen LogP contribution < -0.4 is 5.32 Å². The quantitative estimate of drug-likeness (QED) is 0.664. The Kier molecular flexibility index (Phi) is 4.35. The minimum absolute atomic E-state index is 0.199. The predicted molar refractivity (Wildman–Crippen MR) is 57.2 cm³/mol. The number of nitrogens with one attached hydrogen (secondary N) is 1. The maximum absolute atomic E-state index is 11.5. The summed E-state index contributed by atoms with van der Waals surface area (Å²) in [6, 6.07) is 0.568. The van der Waals surface area contributed by atoms with Crippen LogP contribution in [0.5, 0.6) is 0 Å². The largest absolute Gasteiger partial charge is 0.348 e. The third-order valence-corrected chi connectivity index (χ3v) is 2.62. The van der Waals surface area contributed by atoms with Crippen LogP contribution in [0.1, 0.15) is 13.3 Å². The number of hydrogen-bond donors (Lipinski definition) is 1. The van der Waals surface area contributed by atoms with Gasteiger partial charge in [0.1, 0.15) is 0 Å². The topological polar surface area (TPSA) is 35.6 Å². The highest BCUT2D eigenvalue weighted by molar-refractivity contribution is 5.77. The SMILES string of the molecule is CCCN(CC(=O)N(C)C)C1CNC1. The minimum Gasteiger partial charge on any atom is -0.348 e. The molecule has 1 saturated heterocycles. The maximum atomic E-state index is 11.5. The van der Waals surface area contributed by atoms with E-state index in [-0.39, 0.29) is 5.91 Å². The normalized spacial score (nSPS) is 16.9. The molecular formula is C10H21N3O. The van der Waals surface area contributed by atoms with Crippen molar-refractivity contribution in [3.63, 3.8) is 0 Å². The number of carbonyl (C=O) groups excluding carboxylic acids is 1. The molecule has 0 aromatic heterocycles. The Morgan fingerprint density at radius 1 is 1.43 bits per heavy atom. The van der Waals surface area contributed by atoms with Gasteiger partial charge in [-0.3, -0.25) is 9.69 Å². The van der Waals surface area contributed by atoms with Crippen molar-refractivity contribution >= 4 is 5.91 Å². The van der Waals surface area contributed by atoms with Crippen molar-refractivity contribution in [1.82, 2.24) is 15.1 Å². The molecule has 0 bridgehead atoms. The van der Waals surface area contributed by atoms with Crippen molar-refractivity contribution in [2.75, 3.05) is 40.3 Å². The third kappa shape index (κ3) is 2.96. The summed E-state index contributed by atoms with van der Waals surface area (Å²) in [5.74, 6) is 0.199. The summed E-state index contributed by atoms with van der Waals surface area (Å²) in [5.41, 5.74) is 0. The van der Waals surface area contributed by atoms with Gasteiger partial charge in [0.25, 0.3) is 0 Å². The van der Waals surface area contributed by atoms with Crippen LogP contribution in [-0.4, -0.2) is 62.0 Å². The Morgan fingerprint density at radius 2 is 2.07 bits per heavy atom. The van der Waals surface area contributed by atoms with E-state index in [2.05, 4.69) is 17.1 Å². The third-order valence-electron chi connectivity index (χ3n) is 2.62. The molecule has 1 fully saturated rings. The van der Waals surface area contributed by atoms with E-state index < -0.39 is 0 Å². The molecule has 1 aliphatic heterocycles. The van der Waals surface area contributed by atoms with Crippen LogP contribution in [0.15, 0.2) is 0 Å². The average molecular weight is 199 g/mol. The zero-order valence-corrected chi connectivity index (χ0v) is 9.42. The molecule has 1 amide bonds. The number of hydrogen-bond acceptors (Lipinski definition) is 3. The summed E-state index contributed by atoms with van der Waals surface area (Å²) in [6.45, 7) is 5.79. The molecule has 4 nitrogen and oxygen atoms in total. The Bertz CT molecular complexity index is 190. The summed E-state index contributed by atoms with van der Waals surface area (Å²) in [7, 11) is 3.62. The number of rotatable bonds is 5. The van der Waals surface area contributed by atoms with Crippen LogP contribution in [-0.2, 0) is 4.79 Å². The van der Waals surface area contributed by atoms with Gasteiger partial charge < -0.3 is 10.2 Å². The van der Waals surface area contributed by atoms with Crippen LogP contribution in [0.4, 0.5) is 0 Å². The first-order chi connectivity index (χ1) is 6.65. The van der Waals surface area contributed by atoms with E-state index in [1.165, 1.54) is 0 Å². The first-order valence-corrected chi connectivity index (χ1v) is 5.30. The molecule has 82 valence electrons. The Morgan fingerprint density at radius 3 is 2.43 bits per heavy atom. The van der Waals surface area contributed by atoms with E-state index in [1.807, 2.05) is 14.1 Å². The highest BCUT2D eigenvalue weighted by Crippen LogP contribution is 2.05. The highest BCUT2D eigenvalue weighted by Gasteiger charge is 2.25. The summed E-state index contributed by atoms with van der Waals surface area (Å²) < 4.78 is 0. The number of carbonyl (C=O) groups is 1. The monoisotopic (exact) mass is 199 g/mol. The van der Waals surface area contributed by atoms with Crippen LogP contribution in [0.3, 0.4) is 0 Å². The lowest BCUT2D eigenvalue weighted by molar-refractivity contribution is -0.130. The molecule has 0 spiro atoms. The van der Waals surface area contributed by atoms with E-state index in [0.29, 0.717) is 12.6 Å². The lowest BCUT2D eigenvalue weighted by Gasteiger charge is -2.38. The van der Waals surface area contributed by atoms with Crippen LogP contribution in [0, 0.1) is 0 Å². The molecule has 1 aliphatic rings. The van der Waals surface area contributed by atoms with Crippen LogP contribution in [0.25, 0.3) is 0 Å². The number of likely N-dealkylation sites (N-methyl/N-ethyl adjacent to an activating group) is 1. The molecule has 0 aromatic carbocycles. The standard InChI is InChI=1S/C10H21N3O/c1-4-5-13(9-6-11-7-9)8-10(14)12(2)3/h9,11H,4-8H2,1-3H3. The fourth-order valence-electron chi connectivity index (χ4n) is 1.52. The Hall–Kier alpha value is -0.610. The van der Waals surface area contributed by atoms with Gasteiger partial charge in [0.2, 0.25) is 5.91 Å². The molecule has 0 unspecified atom stereocenters. The first kappa shape index (κ1) is 11.5. The Labute approximate surface area is 86.2 Å². The molecule has 0 radical (unpaired) electrons. The highest BCUT2D eigenvalue weighted by atomic mass is 16.2. The molecular weight excluding hydrogens is 178 g/mol. The summed E-state index contributed by atoms with van der Waals surface area (Å²) in [5, 5.41) is 3.24. The fraction of sp³-hybridized carbons (Fsp3) is 0.900. The first-order valence-electron chi connectivity index (χ1n) is 5.30. The lowest BCUT2D eigenvalue weighted by Crippen LogP contribution is -2.59. The predicted octanol–water partition coefficient (Wildman–Crippen LogP) is -0.242. The smallest absolute Gasteiger partial charge is 0.236 e. The molecule has 0 atom stereocenters. The van der Waals surface area contributed by atoms with Gasteiger partial charge in [-0.1, -0.05) is 6.92 Å².